The van der Waals surface area contributed by atoms with Gasteiger partial charge in [0.25, 0.3) is 0 Å². The predicted molar refractivity (Wildman–Crippen MR) is 66.1 cm³/mol. The second-order valence-electron chi connectivity index (χ2n) is 3.25. The average Bonchev–Trinajstić information content (AvgIpc) is 2.30. The van der Waals surface area contributed by atoms with Crippen LogP contribution in [0, 0.1) is 0 Å². The highest BCUT2D eigenvalue weighted by Gasteiger charge is 2.03. The van der Waals surface area contributed by atoms with Crippen molar-refractivity contribution in [1.29, 1.82) is 0 Å². The first kappa shape index (κ1) is 12.3. The minimum Gasteiger partial charge on any atom is -0.478 e. The monoisotopic (exact) mass is 234 g/mol. The number of aromatic carboxylic acids is 1. The largest absolute Gasteiger partial charge is 0.478 e. The molecule has 0 unspecified atom stereocenters. The van der Waals surface area contributed by atoms with Gasteiger partial charge < -0.3 is 5.11 Å². The van der Waals surface area contributed by atoms with Crippen LogP contribution < -0.4 is 0 Å². The summed E-state index contributed by atoms with van der Waals surface area (Å²) in [7, 11) is 0. The van der Waals surface area contributed by atoms with Gasteiger partial charge in [0.15, 0.2) is 0 Å². The molecule has 2 nitrogen and oxygen atoms in total. The lowest BCUT2D eigenvalue weighted by atomic mass is 10.0. The fraction of sp³-hybridized carbons (Fsp3) is 0. The Balaban J connectivity index is 0.00000128. The molecule has 3 heteroatoms. The summed E-state index contributed by atoms with van der Waals surface area (Å²) in [6.07, 6.45) is 0. The van der Waals surface area contributed by atoms with E-state index in [1.165, 1.54) is 0 Å². The van der Waals surface area contributed by atoms with Crippen molar-refractivity contribution in [2.24, 2.45) is 0 Å². The average molecular weight is 235 g/mol. The van der Waals surface area contributed by atoms with Gasteiger partial charge in [0.1, 0.15) is 0 Å². The van der Waals surface area contributed by atoms with Gasteiger partial charge in [0.05, 0.1) is 5.56 Å². The topological polar surface area (TPSA) is 37.3 Å². The van der Waals surface area contributed by atoms with E-state index in [0.29, 0.717) is 5.56 Å². The fourth-order valence-electron chi connectivity index (χ4n) is 1.46. The second kappa shape index (κ2) is 5.33. The third-order valence-corrected chi connectivity index (χ3v) is 2.22. The molecule has 0 fully saturated rings. The van der Waals surface area contributed by atoms with Crippen molar-refractivity contribution < 1.29 is 9.90 Å². The molecule has 0 amide bonds. The fourth-order valence-corrected chi connectivity index (χ4v) is 1.46. The zero-order chi connectivity index (χ0) is 10.7. The maximum absolute atomic E-state index is 10.8. The van der Waals surface area contributed by atoms with E-state index in [0.717, 1.165) is 11.1 Å². The third kappa shape index (κ3) is 2.61. The summed E-state index contributed by atoms with van der Waals surface area (Å²) < 4.78 is 0. The molecular formula is C13H11ClO2. The number of rotatable bonds is 2. The highest BCUT2D eigenvalue weighted by Crippen LogP contribution is 2.19. The molecule has 0 spiro atoms. The van der Waals surface area contributed by atoms with Crippen LogP contribution in [0.2, 0.25) is 0 Å². The van der Waals surface area contributed by atoms with Gasteiger partial charge in [-0.2, -0.15) is 0 Å². The van der Waals surface area contributed by atoms with Gasteiger partial charge in [0.2, 0.25) is 0 Å². The Labute approximate surface area is 100.0 Å². The molecule has 0 aromatic heterocycles. The van der Waals surface area contributed by atoms with E-state index in [4.69, 9.17) is 5.11 Å². The highest BCUT2D eigenvalue weighted by atomic mass is 35.5. The van der Waals surface area contributed by atoms with E-state index in [9.17, 15) is 4.79 Å². The zero-order valence-electron chi connectivity index (χ0n) is 8.46. The molecule has 1 N–H and O–H groups in total. The summed E-state index contributed by atoms with van der Waals surface area (Å²) in [5, 5.41) is 8.86. The van der Waals surface area contributed by atoms with Gasteiger partial charge in [-0.25, -0.2) is 4.79 Å². The summed E-state index contributed by atoms with van der Waals surface area (Å²) in [5.74, 6) is -0.896. The summed E-state index contributed by atoms with van der Waals surface area (Å²) >= 11 is 0. The Morgan fingerprint density at radius 1 is 0.875 bits per heavy atom. The standard InChI is InChI=1S/C13H10O2.ClH/c14-13(15)12-8-4-7-11(9-12)10-5-2-1-3-6-10;/h1-9H,(H,14,15);1H. The highest BCUT2D eigenvalue weighted by molar-refractivity contribution is 5.89. The quantitative estimate of drug-likeness (QED) is 0.864. The van der Waals surface area contributed by atoms with E-state index in [2.05, 4.69) is 0 Å². The predicted octanol–water partition coefficient (Wildman–Crippen LogP) is 3.47. The third-order valence-electron chi connectivity index (χ3n) is 2.22. The van der Waals surface area contributed by atoms with Crippen LogP contribution in [-0.2, 0) is 0 Å². The van der Waals surface area contributed by atoms with Crippen molar-refractivity contribution in [2.45, 2.75) is 0 Å². The van der Waals surface area contributed by atoms with Crippen molar-refractivity contribution in [3.63, 3.8) is 0 Å². The molecule has 2 aromatic rings. The molecule has 2 rings (SSSR count). The maximum atomic E-state index is 10.8. The van der Waals surface area contributed by atoms with E-state index in [-0.39, 0.29) is 12.4 Å². The molecule has 0 atom stereocenters. The van der Waals surface area contributed by atoms with Gasteiger partial charge in [-0.1, -0.05) is 42.5 Å². The number of carboxylic acids is 1. The first-order valence-electron chi connectivity index (χ1n) is 4.66. The minimum absolute atomic E-state index is 0. The summed E-state index contributed by atoms with van der Waals surface area (Å²) in [6, 6.07) is 16.7. The molecule has 0 saturated heterocycles. The van der Waals surface area contributed by atoms with E-state index < -0.39 is 5.97 Å². The number of hydrogen-bond donors (Lipinski definition) is 1. The molecule has 82 valence electrons. The Kier molecular flexibility index (Phi) is 4.09. The van der Waals surface area contributed by atoms with Crippen LogP contribution in [0.1, 0.15) is 10.4 Å². The van der Waals surface area contributed by atoms with Crippen molar-refractivity contribution in [2.75, 3.05) is 0 Å². The molecular weight excluding hydrogens is 224 g/mol. The Morgan fingerprint density at radius 2 is 1.50 bits per heavy atom. The van der Waals surface area contributed by atoms with Crippen molar-refractivity contribution in [3.8, 4) is 11.1 Å². The van der Waals surface area contributed by atoms with Gasteiger partial charge >= 0.3 is 5.97 Å². The lowest BCUT2D eigenvalue weighted by Crippen LogP contribution is -1.95. The maximum Gasteiger partial charge on any atom is 0.335 e. The first-order chi connectivity index (χ1) is 7.27. The molecule has 16 heavy (non-hydrogen) atoms. The molecule has 0 heterocycles. The Hall–Kier alpha value is -1.80. The second-order valence-corrected chi connectivity index (χ2v) is 3.25. The van der Waals surface area contributed by atoms with Crippen LogP contribution in [0.25, 0.3) is 11.1 Å². The van der Waals surface area contributed by atoms with E-state index in [1.54, 1.807) is 18.2 Å². The van der Waals surface area contributed by atoms with Gasteiger partial charge in [-0.3, -0.25) is 0 Å². The van der Waals surface area contributed by atoms with Crippen LogP contribution in [-0.4, -0.2) is 11.1 Å². The SMILES string of the molecule is Cl.O=C(O)c1cccc(-c2ccccc2)c1. The number of halogens is 1. The molecule has 0 aliphatic heterocycles. The van der Waals surface area contributed by atoms with Crippen LogP contribution in [0.4, 0.5) is 0 Å². The number of carbonyl (C=O) groups is 1. The number of benzene rings is 2. The van der Waals surface area contributed by atoms with E-state index >= 15 is 0 Å². The summed E-state index contributed by atoms with van der Waals surface area (Å²) in [4.78, 5) is 10.8. The lowest BCUT2D eigenvalue weighted by molar-refractivity contribution is 0.0697. The summed E-state index contributed by atoms with van der Waals surface area (Å²) in [5.41, 5.74) is 2.27. The van der Waals surface area contributed by atoms with Crippen molar-refractivity contribution >= 4 is 18.4 Å². The van der Waals surface area contributed by atoms with Crippen molar-refractivity contribution in [3.05, 3.63) is 60.2 Å². The van der Waals surface area contributed by atoms with Crippen LogP contribution >= 0.6 is 12.4 Å². The van der Waals surface area contributed by atoms with Crippen LogP contribution in [0.15, 0.2) is 54.6 Å². The molecule has 0 aliphatic carbocycles. The minimum atomic E-state index is -0.896. The van der Waals surface area contributed by atoms with Gasteiger partial charge in [-0.15, -0.1) is 12.4 Å². The molecule has 2 aromatic carbocycles. The summed E-state index contributed by atoms with van der Waals surface area (Å²) in [6.45, 7) is 0. The van der Waals surface area contributed by atoms with Crippen LogP contribution in [0.5, 0.6) is 0 Å². The number of carboxylic acid groups (broad SMARTS) is 1. The Morgan fingerprint density at radius 3 is 2.12 bits per heavy atom. The van der Waals surface area contributed by atoms with Gasteiger partial charge in [0, 0.05) is 0 Å². The molecule has 0 bridgehead atoms. The normalized spacial score (nSPS) is 9.25. The number of hydrogen-bond acceptors (Lipinski definition) is 1. The van der Waals surface area contributed by atoms with E-state index in [1.807, 2.05) is 36.4 Å². The molecule has 0 aliphatic rings. The van der Waals surface area contributed by atoms with Gasteiger partial charge in [-0.05, 0) is 23.3 Å². The Bertz CT molecular complexity index is 480. The lowest BCUT2D eigenvalue weighted by Gasteiger charge is -2.02. The molecule has 0 saturated carbocycles. The first-order valence-corrected chi connectivity index (χ1v) is 4.66. The van der Waals surface area contributed by atoms with Crippen LogP contribution in [0.3, 0.4) is 0 Å². The molecule has 0 radical (unpaired) electrons. The van der Waals surface area contributed by atoms with Crippen molar-refractivity contribution in [1.82, 2.24) is 0 Å². The zero-order valence-corrected chi connectivity index (χ0v) is 9.28. The smallest absolute Gasteiger partial charge is 0.335 e.